The van der Waals surface area contributed by atoms with Crippen LogP contribution in [0.15, 0.2) is 24.3 Å². The van der Waals surface area contributed by atoms with Gasteiger partial charge in [0.2, 0.25) is 0 Å². The molecule has 5 heteroatoms. The molecule has 92 valence electrons. The van der Waals surface area contributed by atoms with E-state index in [9.17, 15) is 10.1 Å². The van der Waals surface area contributed by atoms with E-state index in [1.54, 1.807) is 13.8 Å². The SMILES string of the molecule is CCOC(=O)C(C)(C#N)c1snc2ccccc12. The Morgan fingerprint density at radius 2 is 2.28 bits per heavy atom. The second-order valence-electron chi connectivity index (χ2n) is 3.99. The first-order valence-corrected chi connectivity index (χ1v) is 6.34. The van der Waals surface area contributed by atoms with E-state index in [2.05, 4.69) is 10.4 Å². The van der Waals surface area contributed by atoms with Crippen LogP contribution in [-0.2, 0) is 14.9 Å². The van der Waals surface area contributed by atoms with Crippen molar-refractivity contribution in [1.29, 1.82) is 5.26 Å². The Kier molecular flexibility index (Phi) is 3.30. The van der Waals surface area contributed by atoms with Crippen molar-refractivity contribution in [3.8, 4) is 6.07 Å². The van der Waals surface area contributed by atoms with Gasteiger partial charge in [0.25, 0.3) is 0 Å². The molecule has 0 aliphatic heterocycles. The van der Waals surface area contributed by atoms with Crippen molar-refractivity contribution in [1.82, 2.24) is 4.37 Å². The van der Waals surface area contributed by atoms with Crippen LogP contribution in [0.4, 0.5) is 0 Å². The highest BCUT2D eigenvalue weighted by atomic mass is 32.1. The number of carbonyl (C=O) groups is 1. The van der Waals surface area contributed by atoms with Crippen molar-refractivity contribution in [2.24, 2.45) is 0 Å². The summed E-state index contributed by atoms with van der Waals surface area (Å²) in [5, 5.41) is 10.2. The van der Waals surface area contributed by atoms with Gasteiger partial charge in [-0.05, 0) is 31.4 Å². The summed E-state index contributed by atoms with van der Waals surface area (Å²) in [6.45, 7) is 3.55. The molecule has 0 saturated carbocycles. The third kappa shape index (κ3) is 1.85. The molecule has 2 rings (SSSR count). The van der Waals surface area contributed by atoms with E-state index in [1.165, 1.54) is 11.5 Å². The van der Waals surface area contributed by atoms with Crippen LogP contribution in [0.5, 0.6) is 0 Å². The maximum absolute atomic E-state index is 12.0. The van der Waals surface area contributed by atoms with Crippen molar-refractivity contribution in [3.05, 3.63) is 29.1 Å². The molecule has 2 aromatic rings. The Hall–Kier alpha value is -1.93. The molecular formula is C13H12N2O2S. The highest BCUT2D eigenvalue weighted by molar-refractivity contribution is 7.07. The van der Waals surface area contributed by atoms with Gasteiger partial charge in [-0.2, -0.15) is 9.64 Å². The number of nitriles is 1. The molecule has 0 spiro atoms. The Bertz CT molecular complexity index is 629. The van der Waals surface area contributed by atoms with Crippen molar-refractivity contribution in [2.45, 2.75) is 19.3 Å². The smallest absolute Gasteiger partial charge is 0.331 e. The fourth-order valence-corrected chi connectivity index (χ4v) is 2.65. The summed E-state index contributed by atoms with van der Waals surface area (Å²) in [7, 11) is 0. The Morgan fingerprint density at radius 1 is 1.56 bits per heavy atom. The van der Waals surface area contributed by atoms with Crippen LogP contribution in [0.2, 0.25) is 0 Å². The molecule has 0 aliphatic rings. The van der Waals surface area contributed by atoms with Gasteiger partial charge in [0.1, 0.15) is 0 Å². The molecule has 18 heavy (non-hydrogen) atoms. The molecular weight excluding hydrogens is 248 g/mol. The van der Waals surface area contributed by atoms with Gasteiger partial charge in [-0.25, -0.2) is 4.79 Å². The Labute approximate surface area is 109 Å². The zero-order chi connectivity index (χ0) is 13.2. The number of nitrogens with zero attached hydrogens (tertiary/aromatic N) is 2. The summed E-state index contributed by atoms with van der Waals surface area (Å²) in [6.07, 6.45) is 0. The van der Waals surface area contributed by atoms with Crippen molar-refractivity contribution in [3.63, 3.8) is 0 Å². The van der Waals surface area contributed by atoms with Gasteiger partial charge in [-0.15, -0.1) is 0 Å². The molecule has 0 radical (unpaired) electrons. The lowest BCUT2D eigenvalue weighted by molar-refractivity contribution is -0.147. The molecule has 1 aromatic heterocycles. The predicted octanol–water partition coefficient (Wildman–Crippen LogP) is 2.64. The quantitative estimate of drug-likeness (QED) is 0.796. The minimum atomic E-state index is -1.29. The van der Waals surface area contributed by atoms with Crippen LogP contribution in [0.1, 0.15) is 18.7 Å². The number of hydrogen-bond acceptors (Lipinski definition) is 5. The van der Waals surface area contributed by atoms with E-state index in [-0.39, 0.29) is 6.61 Å². The first-order valence-electron chi connectivity index (χ1n) is 5.57. The van der Waals surface area contributed by atoms with E-state index in [4.69, 9.17) is 4.74 Å². The molecule has 0 fully saturated rings. The van der Waals surface area contributed by atoms with E-state index in [1.807, 2.05) is 24.3 Å². The highest BCUT2D eigenvalue weighted by Gasteiger charge is 2.40. The van der Waals surface area contributed by atoms with Crippen LogP contribution >= 0.6 is 11.5 Å². The lowest BCUT2D eigenvalue weighted by atomic mass is 9.89. The molecule has 0 amide bonds. The molecule has 4 nitrogen and oxygen atoms in total. The van der Waals surface area contributed by atoms with E-state index in [0.29, 0.717) is 4.88 Å². The molecule has 0 saturated heterocycles. The summed E-state index contributed by atoms with van der Waals surface area (Å²) < 4.78 is 9.25. The van der Waals surface area contributed by atoms with Crippen molar-refractivity contribution in [2.75, 3.05) is 6.61 Å². The standard InChI is InChI=1S/C13H12N2O2S/c1-3-17-12(16)13(2,8-14)11-9-6-4-5-7-10(9)15-18-11/h4-7H,3H2,1-2H3. The average molecular weight is 260 g/mol. The molecule has 0 bridgehead atoms. The second-order valence-corrected chi connectivity index (χ2v) is 4.76. The number of esters is 1. The van der Waals surface area contributed by atoms with Gasteiger partial charge in [0, 0.05) is 5.39 Å². The minimum absolute atomic E-state index is 0.257. The summed E-state index contributed by atoms with van der Waals surface area (Å²) >= 11 is 1.18. The lowest BCUT2D eigenvalue weighted by Gasteiger charge is -2.17. The number of hydrogen-bond donors (Lipinski definition) is 0. The van der Waals surface area contributed by atoms with Crippen LogP contribution in [-0.4, -0.2) is 16.9 Å². The summed E-state index contributed by atoms with van der Waals surface area (Å²) in [6, 6.07) is 9.52. The molecule has 1 heterocycles. The van der Waals surface area contributed by atoms with Crippen LogP contribution in [0.25, 0.3) is 10.9 Å². The summed E-state index contributed by atoms with van der Waals surface area (Å²) in [5.41, 5.74) is -0.500. The van der Waals surface area contributed by atoms with Gasteiger partial charge in [0.05, 0.1) is 23.1 Å². The first-order chi connectivity index (χ1) is 8.63. The molecule has 0 N–H and O–H groups in total. The third-order valence-corrected chi connectivity index (χ3v) is 3.84. The van der Waals surface area contributed by atoms with Crippen molar-refractivity contribution < 1.29 is 9.53 Å². The van der Waals surface area contributed by atoms with E-state index < -0.39 is 11.4 Å². The Balaban J connectivity index is 2.58. The number of rotatable bonds is 3. The van der Waals surface area contributed by atoms with Gasteiger partial charge in [-0.1, -0.05) is 18.2 Å². The monoisotopic (exact) mass is 260 g/mol. The number of carbonyl (C=O) groups excluding carboxylic acids is 1. The maximum Gasteiger partial charge on any atom is 0.331 e. The van der Waals surface area contributed by atoms with E-state index >= 15 is 0 Å². The molecule has 0 aliphatic carbocycles. The van der Waals surface area contributed by atoms with Gasteiger partial charge in [0.15, 0.2) is 5.41 Å². The topological polar surface area (TPSA) is 63.0 Å². The summed E-state index contributed by atoms with van der Waals surface area (Å²) in [4.78, 5) is 12.6. The number of aromatic nitrogens is 1. The number of fused-ring (bicyclic) bond motifs is 1. The largest absolute Gasteiger partial charge is 0.465 e. The number of benzene rings is 1. The molecule has 1 atom stereocenters. The fourth-order valence-electron chi connectivity index (χ4n) is 1.71. The molecule has 1 aromatic carbocycles. The fraction of sp³-hybridized carbons (Fsp3) is 0.308. The minimum Gasteiger partial charge on any atom is -0.465 e. The highest BCUT2D eigenvalue weighted by Crippen LogP contribution is 2.34. The number of ether oxygens (including phenoxy) is 1. The zero-order valence-corrected chi connectivity index (χ0v) is 11.0. The Morgan fingerprint density at radius 3 is 2.94 bits per heavy atom. The zero-order valence-electron chi connectivity index (χ0n) is 10.1. The second kappa shape index (κ2) is 4.75. The van der Waals surface area contributed by atoms with Crippen LogP contribution in [0, 0.1) is 11.3 Å². The van der Waals surface area contributed by atoms with E-state index in [0.717, 1.165) is 10.9 Å². The van der Waals surface area contributed by atoms with Crippen LogP contribution < -0.4 is 0 Å². The lowest BCUT2D eigenvalue weighted by Crippen LogP contribution is -2.32. The van der Waals surface area contributed by atoms with Gasteiger partial charge >= 0.3 is 5.97 Å². The third-order valence-electron chi connectivity index (χ3n) is 2.75. The van der Waals surface area contributed by atoms with Crippen molar-refractivity contribution >= 4 is 28.4 Å². The molecule has 1 unspecified atom stereocenters. The summed E-state index contributed by atoms with van der Waals surface area (Å²) in [5.74, 6) is -0.526. The van der Waals surface area contributed by atoms with Crippen LogP contribution in [0.3, 0.4) is 0 Å². The van der Waals surface area contributed by atoms with Gasteiger partial charge < -0.3 is 4.74 Å². The predicted molar refractivity (Wildman–Crippen MR) is 69.2 cm³/mol. The average Bonchev–Trinajstić information content (AvgIpc) is 2.82. The maximum atomic E-state index is 12.0. The van der Waals surface area contributed by atoms with Gasteiger partial charge in [-0.3, -0.25) is 0 Å². The first kappa shape index (κ1) is 12.5. The normalized spacial score (nSPS) is 13.8.